The Morgan fingerprint density at radius 1 is 0.885 bits per heavy atom. The molecule has 0 aliphatic carbocycles. The fourth-order valence-electron chi connectivity index (χ4n) is 6.17. The maximum Gasteiger partial charge on any atom is 0.408 e. The van der Waals surface area contributed by atoms with Gasteiger partial charge in [-0.05, 0) is 51.4 Å². The Balaban J connectivity index is 1.05. The van der Waals surface area contributed by atoms with Crippen LogP contribution in [0.25, 0.3) is 5.69 Å². The molecule has 2 fully saturated rings. The molecule has 13 nitrogen and oxygen atoms in total. The highest BCUT2D eigenvalue weighted by Crippen LogP contribution is 2.43. The zero-order chi connectivity index (χ0) is 36.0. The molecule has 0 bridgehead atoms. The minimum Gasteiger partial charge on any atom is -0.445 e. The van der Waals surface area contributed by atoms with Crippen LogP contribution in [0.1, 0.15) is 48.0 Å². The number of rotatable bonds is 11. The number of tetrazole rings is 1. The number of carbonyl (C=O) groups excluding carboxylic acids is 3. The molecule has 0 saturated carbocycles. The number of alkyl carbamates (subject to hydrolysis) is 1. The first-order valence-corrected chi connectivity index (χ1v) is 17.8. The molecule has 7 rings (SSSR count). The van der Waals surface area contributed by atoms with Gasteiger partial charge in [-0.3, -0.25) is 9.59 Å². The lowest BCUT2D eigenvalue weighted by atomic mass is 9.91. The summed E-state index contributed by atoms with van der Waals surface area (Å²) in [6.45, 7) is 2.05. The van der Waals surface area contributed by atoms with Crippen LogP contribution in [0, 0.1) is 5.92 Å². The van der Waals surface area contributed by atoms with Crippen LogP contribution in [-0.2, 0) is 37.0 Å². The number of carbonyl (C=O) groups is 3. The van der Waals surface area contributed by atoms with Crippen molar-refractivity contribution in [3.8, 4) is 5.69 Å². The number of thioether (sulfide) groups is 1. The minimum atomic E-state index is -1.04. The Hall–Kier alpha value is -5.41. The summed E-state index contributed by atoms with van der Waals surface area (Å²) in [7, 11) is 0. The number of anilines is 1. The third-order valence-corrected chi connectivity index (χ3v) is 10.0. The van der Waals surface area contributed by atoms with E-state index in [-0.39, 0.29) is 37.8 Å². The average molecular weight is 721 g/mol. The Labute approximate surface area is 303 Å². The molecule has 2 aliphatic heterocycles. The summed E-state index contributed by atoms with van der Waals surface area (Å²) in [6.07, 6.45) is -2.38. The van der Waals surface area contributed by atoms with Gasteiger partial charge in [0.1, 0.15) is 12.6 Å². The highest BCUT2D eigenvalue weighted by atomic mass is 32.2. The van der Waals surface area contributed by atoms with Gasteiger partial charge in [-0.1, -0.05) is 104 Å². The van der Waals surface area contributed by atoms with Gasteiger partial charge in [-0.25, -0.2) is 9.69 Å². The van der Waals surface area contributed by atoms with Gasteiger partial charge in [0.05, 0.1) is 36.6 Å². The summed E-state index contributed by atoms with van der Waals surface area (Å²) in [6, 6.07) is 32.3. The predicted octanol–water partition coefficient (Wildman–Crippen LogP) is 5.30. The van der Waals surface area contributed by atoms with E-state index >= 15 is 0 Å². The van der Waals surface area contributed by atoms with Crippen molar-refractivity contribution in [3.05, 3.63) is 131 Å². The molecular weight excluding hydrogens is 685 g/mol. The maximum absolute atomic E-state index is 13.3. The highest BCUT2D eigenvalue weighted by molar-refractivity contribution is 7.99. The van der Waals surface area contributed by atoms with Gasteiger partial charge in [-0.15, -0.1) is 5.10 Å². The SMILES string of the molecule is C[C@@H]1[C@H](CSc2nnnn2-c2ccccc2)O[C@H](c2ccc(N3C(=O)CC(NC(=O)OCc4ccccc4)C3=O)cc2)O[C@@H]1c1ccc(CO)cc1. The van der Waals surface area contributed by atoms with Gasteiger partial charge in [-0.2, -0.15) is 4.68 Å². The van der Waals surface area contributed by atoms with Crippen LogP contribution in [0.4, 0.5) is 10.5 Å². The Morgan fingerprint density at radius 3 is 2.29 bits per heavy atom. The molecule has 266 valence electrons. The van der Waals surface area contributed by atoms with Crippen molar-refractivity contribution >= 4 is 35.4 Å². The fraction of sp³-hybridized carbons (Fsp3) is 0.263. The molecule has 4 aromatic carbocycles. The molecular formula is C38H36N6O7S. The van der Waals surface area contributed by atoms with E-state index in [4.69, 9.17) is 14.2 Å². The van der Waals surface area contributed by atoms with Crippen molar-refractivity contribution in [2.75, 3.05) is 10.7 Å². The summed E-state index contributed by atoms with van der Waals surface area (Å²) in [5, 5.41) is 25.0. The Bertz CT molecular complexity index is 2000. The second-order valence-electron chi connectivity index (χ2n) is 12.5. The molecule has 3 heterocycles. The smallest absolute Gasteiger partial charge is 0.408 e. The van der Waals surface area contributed by atoms with Crippen LogP contribution in [0.15, 0.2) is 114 Å². The van der Waals surface area contributed by atoms with Crippen LogP contribution in [0.3, 0.4) is 0 Å². The molecule has 52 heavy (non-hydrogen) atoms. The van der Waals surface area contributed by atoms with Gasteiger partial charge in [0.15, 0.2) is 6.29 Å². The molecule has 2 saturated heterocycles. The standard InChI is InChI=1S/C38H36N6O7S/c1-24-32(23-52-37-40-41-42-44(37)30-10-6-3-7-11-30)50-36(51-34(24)27-14-12-25(21-45)13-15-27)28-16-18-29(19-17-28)43-33(46)20-31(35(43)47)39-38(48)49-22-26-8-4-2-5-9-26/h2-19,24,31-32,34,36,45H,20-23H2,1H3,(H,39,48)/t24-,31?,32+,34+,36+/m1/s1. The molecule has 14 heteroatoms. The van der Waals surface area contributed by atoms with Crippen molar-refractivity contribution < 1.29 is 33.7 Å². The van der Waals surface area contributed by atoms with E-state index in [0.29, 0.717) is 22.2 Å². The number of ether oxygens (including phenoxy) is 3. The first kappa shape index (κ1) is 35.0. The second kappa shape index (κ2) is 15.9. The maximum atomic E-state index is 13.3. The van der Waals surface area contributed by atoms with E-state index in [2.05, 4.69) is 27.8 Å². The lowest BCUT2D eigenvalue weighted by molar-refractivity contribution is -0.268. The van der Waals surface area contributed by atoms with E-state index in [9.17, 15) is 19.5 Å². The van der Waals surface area contributed by atoms with Gasteiger partial charge < -0.3 is 24.6 Å². The Kier molecular flexibility index (Phi) is 10.7. The fourth-order valence-corrected chi connectivity index (χ4v) is 7.22. The number of hydrogen-bond donors (Lipinski definition) is 2. The lowest BCUT2D eigenvalue weighted by Crippen LogP contribution is -2.42. The van der Waals surface area contributed by atoms with Crippen molar-refractivity contribution in [2.45, 2.75) is 56.3 Å². The average Bonchev–Trinajstić information content (AvgIpc) is 3.77. The second-order valence-corrected chi connectivity index (χ2v) is 13.5. The van der Waals surface area contributed by atoms with Crippen molar-refractivity contribution in [3.63, 3.8) is 0 Å². The summed E-state index contributed by atoms with van der Waals surface area (Å²) in [5.41, 5.74) is 4.43. The molecule has 2 N–H and O–H groups in total. The normalized spacial score (nSPS) is 21.7. The van der Waals surface area contributed by atoms with Crippen LogP contribution < -0.4 is 10.2 Å². The monoisotopic (exact) mass is 720 g/mol. The Morgan fingerprint density at radius 2 is 1.58 bits per heavy atom. The number of benzene rings is 4. The molecule has 2 aliphatic rings. The number of nitrogens with one attached hydrogen (secondary N) is 1. The molecule has 1 aromatic heterocycles. The van der Waals surface area contributed by atoms with Crippen molar-refractivity contribution in [1.82, 2.24) is 25.5 Å². The lowest BCUT2D eigenvalue weighted by Gasteiger charge is -2.41. The predicted molar refractivity (Wildman–Crippen MR) is 190 cm³/mol. The largest absolute Gasteiger partial charge is 0.445 e. The number of hydrogen-bond acceptors (Lipinski definition) is 11. The van der Waals surface area contributed by atoms with Crippen LogP contribution in [0.5, 0.6) is 0 Å². The number of amides is 3. The number of nitrogens with zero attached hydrogens (tertiary/aromatic N) is 5. The summed E-state index contributed by atoms with van der Waals surface area (Å²) >= 11 is 1.48. The summed E-state index contributed by atoms with van der Waals surface area (Å²) < 4.78 is 20.1. The van der Waals surface area contributed by atoms with Crippen molar-refractivity contribution in [2.24, 2.45) is 5.92 Å². The third-order valence-electron chi connectivity index (χ3n) is 9.02. The third kappa shape index (κ3) is 7.75. The molecule has 5 aromatic rings. The van der Waals surface area contributed by atoms with Crippen molar-refractivity contribution in [1.29, 1.82) is 0 Å². The number of aliphatic hydroxyl groups is 1. The summed E-state index contributed by atoms with van der Waals surface area (Å²) in [5.74, 6) is -0.537. The van der Waals surface area contributed by atoms with E-state index in [1.807, 2.05) is 84.9 Å². The van der Waals surface area contributed by atoms with Gasteiger partial charge in [0.25, 0.3) is 5.91 Å². The molecule has 0 radical (unpaired) electrons. The van der Waals surface area contributed by atoms with Gasteiger partial charge in [0.2, 0.25) is 11.1 Å². The summed E-state index contributed by atoms with van der Waals surface area (Å²) in [4.78, 5) is 39.7. The van der Waals surface area contributed by atoms with E-state index < -0.39 is 30.2 Å². The van der Waals surface area contributed by atoms with E-state index in [1.165, 1.54) is 11.8 Å². The molecule has 3 amide bonds. The number of aromatic nitrogens is 4. The van der Waals surface area contributed by atoms with Crippen LogP contribution >= 0.6 is 11.8 Å². The zero-order valence-corrected chi connectivity index (χ0v) is 29.0. The quantitative estimate of drug-likeness (QED) is 0.135. The number of imide groups is 1. The van der Waals surface area contributed by atoms with Crippen LogP contribution in [-0.4, -0.2) is 61.1 Å². The number of aliphatic hydroxyl groups excluding tert-OH is 1. The molecule has 0 spiro atoms. The number of para-hydroxylation sites is 1. The topological polar surface area (TPSA) is 158 Å². The molecule has 1 unspecified atom stereocenters. The molecule has 5 atom stereocenters. The van der Waals surface area contributed by atoms with Gasteiger partial charge in [0, 0.05) is 17.2 Å². The minimum absolute atomic E-state index is 0.0394. The first-order valence-electron chi connectivity index (χ1n) is 16.8. The van der Waals surface area contributed by atoms with Crippen LogP contribution in [0.2, 0.25) is 0 Å². The van der Waals surface area contributed by atoms with Gasteiger partial charge >= 0.3 is 6.09 Å². The van der Waals surface area contributed by atoms with E-state index in [0.717, 1.165) is 27.3 Å². The highest BCUT2D eigenvalue weighted by Gasteiger charge is 2.42. The first-order chi connectivity index (χ1) is 25.4. The van der Waals surface area contributed by atoms with E-state index in [1.54, 1.807) is 28.9 Å². The zero-order valence-electron chi connectivity index (χ0n) is 28.1.